The predicted molar refractivity (Wildman–Crippen MR) is 75.6 cm³/mol. The van der Waals surface area contributed by atoms with Gasteiger partial charge in [0.25, 0.3) is 0 Å². The highest BCUT2D eigenvalue weighted by atomic mass is 32.2. The number of rotatable bonds is 7. The van der Waals surface area contributed by atoms with Gasteiger partial charge in [-0.05, 0) is 24.3 Å². The van der Waals surface area contributed by atoms with E-state index in [2.05, 4.69) is 5.32 Å². The Kier molecular flexibility index (Phi) is 4.59. The molecule has 2 rings (SSSR count). The molecule has 0 saturated heterocycles. The van der Waals surface area contributed by atoms with Crippen molar-refractivity contribution >= 4 is 27.3 Å². The van der Waals surface area contributed by atoms with E-state index in [0.29, 0.717) is 19.5 Å². The molecule has 1 saturated carbocycles. The van der Waals surface area contributed by atoms with Crippen LogP contribution in [-0.2, 0) is 21.2 Å². The highest BCUT2D eigenvalue weighted by molar-refractivity contribution is 7.88. The summed E-state index contributed by atoms with van der Waals surface area (Å²) in [7, 11) is -3.17. The molecule has 1 aromatic heterocycles. The lowest BCUT2D eigenvalue weighted by Gasteiger charge is -2.19. The average Bonchev–Trinajstić information content (AvgIpc) is 3.01. The molecule has 0 aliphatic heterocycles. The largest absolute Gasteiger partial charge is 0.354 e. The van der Waals surface area contributed by atoms with Gasteiger partial charge in [-0.1, -0.05) is 6.07 Å². The van der Waals surface area contributed by atoms with Gasteiger partial charge in [0.05, 0.1) is 12.7 Å². The maximum absolute atomic E-state index is 11.7. The summed E-state index contributed by atoms with van der Waals surface area (Å²) in [5.41, 5.74) is 0. The van der Waals surface area contributed by atoms with Crippen LogP contribution in [0.4, 0.5) is 0 Å². The van der Waals surface area contributed by atoms with E-state index in [1.54, 1.807) is 11.3 Å². The van der Waals surface area contributed by atoms with Gasteiger partial charge >= 0.3 is 0 Å². The molecule has 0 atom stereocenters. The third-order valence-corrected chi connectivity index (χ3v) is 5.16. The standard InChI is InChI=1S/C12H18N2O3S2/c1-19(16,17)14(10-4-5-10)7-6-13-12(15)9-11-3-2-8-18-11/h2-3,8,10H,4-7,9H2,1H3,(H,13,15). The van der Waals surface area contributed by atoms with Crippen molar-refractivity contribution in [1.29, 1.82) is 0 Å². The second kappa shape index (κ2) is 6.02. The summed E-state index contributed by atoms with van der Waals surface area (Å²) in [4.78, 5) is 12.7. The fourth-order valence-electron chi connectivity index (χ4n) is 1.92. The zero-order chi connectivity index (χ0) is 13.9. The van der Waals surface area contributed by atoms with Gasteiger partial charge in [-0.2, -0.15) is 4.31 Å². The normalized spacial score (nSPS) is 15.7. The zero-order valence-corrected chi connectivity index (χ0v) is 12.5. The van der Waals surface area contributed by atoms with Gasteiger partial charge in [-0.3, -0.25) is 4.79 Å². The number of nitrogens with zero attached hydrogens (tertiary/aromatic N) is 1. The first-order chi connectivity index (χ1) is 8.97. The van der Waals surface area contributed by atoms with Crippen molar-refractivity contribution in [2.75, 3.05) is 19.3 Å². The van der Waals surface area contributed by atoms with Gasteiger partial charge in [0.15, 0.2) is 0 Å². The third-order valence-electron chi connectivity index (χ3n) is 2.95. The van der Waals surface area contributed by atoms with Gasteiger partial charge in [-0.15, -0.1) is 11.3 Å². The lowest BCUT2D eigenvalue weighted by atomic mass is 10.3. The molecule has 5 nitrogen and oxygen atoms in total. The average molecular weight is 302 g/mol. The molecule has 1 heterocycles. The number of hydrogen-bond acceptors (Lipinski definition) is 4. The Morgan fingerprint density at radius 1 is 1.53 bits per heavy atom. The van der Waals surface area contributed by atoms with Crippen LogP contribution in [0.3, 0.4) is 0 Å². The van der Waals surface area contributed by atoms with Crippen LogP contribution in [-0.4, -0.2) is 44.0 Å². The minimum atomic E-state index is -3.17. The molecule has 1 aliphatic carbocycles. The quantitative estimate of drug-likeness (QED) is 0.811. The molecular formula is C12H18N2O3S2. The summed E-state index contributed by atoms with van der Waals surface area (Å²) in [5.74, 6) is -0.0632. The molecular weight excluding hydrogens is 284 g/mol. The monoisotopic (exact) mass is 302 g/mol. The first-order valence-electron chi connectivity index (χ1n) is 6.23. The van der Waals surface area contributed by atoms with Gasteiger partial charge in [0, 0.05) is 24.0 Å². The van der Waals surface area contributed by atoms with Gasteiger partial charge in [0.2, 0.25) is 15.9 Å². The maximum atomic E-state index is 11.7. The second-order valence-electron chi connectivity index (χ2n) is 4.71. The molecule has 1 amide bonds. The molecule has 0 spiro atoms. The van der Waals surface area contributed by atoms with Crippen LogP contribution >= 0.6 is 11.3 Å². The van der Waals surface area contributed by atoms with Gasteiger partial charge in [-0.25, -0.2) is 8.42 Å². The van der Waals surface area contributed by atoms with Crippen LogP contribution < -0.4 is 5.32 Å². The first-order valence-corrected chi connectivity index (χ1v) is 8.95. The first kappa shape index (κ1) is 14.5. The highest BCUT2D eigenvalue weighted by Gasteiger charge is 2.34. The molecule has 19 heavy (non-hydrogen) atoms. The van der Waals surface area contributed by atoms with Crippen molar-refractivity contribution in [3.63, 3.8) is 0 Å². The van der Waals surface area contributed by atoms with E-state index in [4.69, 9.17) is 0 Å². The molecule has 1 aliphatic rings. The van der Waals surface area contributed by atoms with Crippen LogP contribution in [0.25, 0.3) is 0 Å². The molecule has 1 aromatic rings. The van der Waals surface area contributed by atoms with Crippen LogP contribution in [0.1, 0.15) is 17.7 Å². The van der Waals surface area contributed by atoms with Crippen molar-refractivity contribution in [3.8, 4) is 0 Å². The van der Waals surface area contributed by atoms with Gasteiger partial charge < -0.3 is 5.32 Å². The SMILES string of the molecule is CS(=O)(=O)N(CCNC(=O)Cc1cccs1)C1CC1. The molecule has 1 N–H and O–H groups in total. The molecule has 1 fully saturated rings. The van der Waals surface area contributed by atoms with E-state index in [1.807, 2.05) is 17.5 Å². The van der Waals surface area contributed by atoms with E-state index in [1.165, 1.54) is 10.6 Å². The van der Waals surface area contributed by atoms with Crippen LogP contribution in [0, 0.1) is 0 Å². The Balaban J connectivity index is 1.74. The minimum absolute atomic E-state index is 0.0632. The fraction of sp³-hybridized carbons (Fsp3) is 0.583. The Hall–Kier alpha value is -0.920. The molecule has 0 unspecified atom stereocenters. The van der Waals surface area contributed by atoms with Crippen molar-refractivity contribution in [1.82, 2.24) is 9.62 Å². The Morgan fingerprint density at radius 2 is 2.26 bits per heavy atom. The second-order valence-corrected chi connectivity index (χ2v) is 7.68. The summed E-state index contributed by atoms with van der Waals surface area (Å²) >= 11 is 1.54. The summed E-state index contributed by atoms with van der Waals surface area (Å²) < 4.78 is 24.6. The Bertz CT molecular complexity index is 521. The zero-order valence-electron chi connectivity index (χ0n) is 10.8. The van der Waals surface area contributed by atoms with Gasteiger partial charge in [0.1, 0.15) is 0 Å². The van der Waals surface area contributed by atoms with E-state index >= 15 is 0 Å². The number of carbonyl (C=O) groups is 1. The van der Waals surface area contributed by atoms with Crippen molar-refractivity contribution in [2.45, 2.75) is 25.3 Å². The van der Waals surface area contributed by atoms with Crippen LogP contribution in [0.15, 0.2) is 17.5 Å². The summed E-state index contributed by atoms with van der Waals surface area (Å²) in [6, 6.07) is 3.97. The van der Waals surface area contributed by atoms with E-state index in [9.17, 15) is 13.2 Å². The number of amides is 1. The Labute approximate surface area is 117 Å². The van der Waals surface area contributed by atoms with Crippen LogP contribution in [0.2, 0.25) is 0 Å². The number of hydrogen-bond donors (Lipinski definition) is 1. The molecule has 106 valence electrons. The van der Waals surface area contributed by atoms with Crippen molar-refractivity contribution in [2.24, 2.45) is 0 Å². The number of thiophene rings is 1. The minimum Gasteiger partial charge on any atom is -0.354 e. The summed E-state index contributed by atoms with van der Waals surface area (Å²) in [6.07, 6.45) is 3.44. The maximum Gasteiger partial charge on any atom is 0.225 e. The van der Waals surface area contributed by atoms with E-state index in [0.717, 1.165) is 17.7 Å². The smallest absolute Gasteiger partial charge is 0.225 e. The Morgan fingerprint density at radius 3 is 2.79 bits per heavy atom. The molecule has 0 radical (unpaired) electrons. The van der Waals surface area contributed by atoms with Crippen LogP contribution in [0.5, 0.6) is 0 Å². The fourth-order valence-corrected chi connectivity index (χ4v) is 3.80. The highest BCUT2D eigenvalue weighted by Crippen LogP contribution is 2.28. The lowest BCUT2D eigenvalue weighted by Crippen LogP contribution is -2.39. The molecule has 0 bridgehead atoms. The number of sulfonamides is 1. The predicted octanol–water partition coefficient (Wildman–Crippen LogP) is 0.831. The van der Waals surface area contributed by atoms with Crippen molar-refractivity contribution < 1.29 is 13.2 Å². The number of carbonyl (C=O) groups excluding carboxylic acids is 1. The molecule has 0 aromatic carbocycles. The molecule has 7 heteroatoms. The lowest BCUT2D eigenvalue weighted by molar-refractivity contribution is -0.120. The third kappa shape index (κ3) is 4.59. The topological polar surface area (TPSA) is 66.5 Å². The number of nitrogens with one attached hydrogen (secondary N) is 1. The summed E-state index contributed by atoms with van der Waals surface area (Å²) in [5, 5.41) is 4.70. The van der Waals surface area contributed by atoms with E-state index < -0.39 is 10.0 Å². The van der Waals surface area contributed by atoms with Crippen molar-refractivity contribution in [3.05, 3.63) is 22.4 Å². The van der Waals surface area contributed by atoms with E-state index in [-0.39, 0.29) is 11.9 Å². The summed E-state index contributed by atoms with van der Waals surface area (Å²) in [6.45, 7) is 0.730.